The molecule has 1 heterocycles. The third kappa shape index (κ3) is 4.05. The predicted molar refractivity (Wildman–Crippen MR) is 89.0 cm³/mol. The molecule has 2 unspecified atom stereocenters. The van der Waals surface area contributed by atoms with Gasteiger partial charge in [-0.1, -0.05) is 34.1 Å². The highest BCUT2D eigenvalue weighted by Crippen LogP contribution is 2.30. The molecule has 2 N–H and O–H groups in total. The van der Waals surface area contributed by atoms with Crippen LogP contribution in [0.1, 0.15) is 31.9 Å². The molecule has 1 aliphatic heterocycles. The lowest BCUT2D eigenvalue weighted by Crippen LogP contribution is -2.42. The Labute approximate surface area is 135 Å². The normalized spacial score (nSPS) is 19.9. The molecule has 0 aliphatic carbocycles. The van der Waals surface area contributed by atoms with Crippen molar-refractivity contribution >= 4 is 21.8 Å². The van der Waals surface area contributed by atoms with E-state index in [0.29, 0.717) is 0 Å². The third-order valence-electron chi connectivity index (χ3n) is 4.09. The molecule has 0 aromatic heterocycles. The molecule has 1 fully saturated rings. The van der Waals surface area contributed by atoms with Crippen molar-refractivity contribution in [2.24, 2.45) is 5.73 Å². The highest BCUT2D eigenvalue weighted by Gasteiger charge is 2.27. The first-order chi connectivity index (χ1) is 10.0. The van der Waals surface area contributed by atoms with Crippen molar-refractivity contribution in [3.63, 3.8) is 0 Å². The van der Waals surface area contributed by atoms with Crippen molar-refractivity contribution in [2.45, 2.75) is 32.4 Å². The van der Waals surface area contributed by atoms with Crippen LogP contribution in [0.5, 0.6) is 0 Å². The Morgan fingerprint density at radius 1 is 1.24 bits per heavy atom. The molecule has 2 atom stereocenters. The Balaban J connectivity index is 2.19. The monoisotopic (exact) mass is 353 g/mol. The van der Waals surface area contributed by atoms with Crippen molar-refractivity contribution in [3.8, 4) is 0 Å². The van der Waals surface area contributed by atoms with Gasteiger partial charge in [-0.3, -0.25) is 9.69 Å². The molecule has 1 aliphatic rings. The van der Waals surface area contributed by atoms with E-state index in [4.69, 9.17) is 5.73 Å². The fourth-order valence-electron chi connectivity index (χ4n) is 3.06. The van der Waals surface area contributed by atoms with Gasteiger partial charge in [0.2, 0.25) is 5.91 Å². The van der Waals surface area contributed by atoms with Crippen LogP contribution < -0.4 is 5.73 Å². The summed E-state index contributed by atoms with van der Waals surface area (Å²) < 4.78 is 1.10. The van der Waals surface area contributed by atoms with Crippen molar-refractivity contribution in [1.82, 2.24) is 9.80 Å². The molecule has 5 heteroatoms. The number of hydrogen-bond donors (Lipinski definition) is 1. The van der Waals surface area contributed by atoms with E-state index in [1.165, 1.54) is 5.56 Å². The van der Waals surface area contributed by atoms with E-state index >= 15 is 0 Å². The summed E-state index contributed by atoms with van der Waals surface area (Å²) in [5.41, 5.74) is 7.50. The van der Waals surface area contributed by atoms with Gasteiger partial charge in [0, 0.05) is 43.6 Å². The molecule has 1 saturated heterocycles. The average Bonchev–Trinajstić information content (AvgIpc) is 2.67. The van der Waals surface area contributed by atoms with Crippen LogP contribution in [0.3, 0.4) is 0 Å². The van der Waals surface area contributed by atoms with Crippen molar-refractivity contribution in [1.29, 1.82) is 0 Å². The van der Waals surface area contributed by atoms with Crippen LogP contribution in [0, 0.1) is 0 Å². The minimum absolute atomic E-state index is 0.0348. The summed E-state index contributed by atoms with van der Waals surface area (Å²) >= 11 is 3.64. The van der Waals surface area contributed by atoms with E-state index in [-0.39, 0.29) is 18.0 Å². The Morgan fingerprint density at radius 3 is 2.57 bits per heavy atom. The van der Waals surface area contributed by atoms with Crippen LogP contribution in [-0.4, -0.2) is 47.9 Å². The van der Waals surface area contributed by atoms with Crippen LogP contribution in [0.4, 0.5) is 0 Å². The maximum Gasteiger partial charge on any atom is 0.219 e. The molecule has 0 bridgehead atoms. The lowest BCUT2D eigenvalue weighted by atomic mass is 9.99. The van der Waals surface area contributed by atoms with Gasteiger partial charge < -0.3 is 10.6 Å². The number of carbonyl (C=O) groups is 1. The molecule has 2 rings (SSSR count). The second-order valence-electron chi connectivity index (χ2n) is 5.72. The van der Waals surface area contributed by atoms with Crippen molar-refractivity contribution < 1.29 is 4.79 Å². The molecule has 1 amide bonds. The minimum Gasteiger partial charge on any atom is -0.342 e. The van der Waals surface area contributed by atoms with Gasteiger partial charge in [-0.25, -0.2) is 0 Å². The van der Waals surface area contributed by atoms with Gasteiger partial charge >= 0.3 is 0 Å². The average molecular weight is 354 g/mol. The largest absolute Gasteiger partial charge is 0.342 e. The molecule has 0 saturated carbocycles. The van der Waals surface area contributed by atoms with Crippen molar-refractivity contribution in [3.05, 3.63) is 34.3 Å². The predicted octanol–water partition coefficient (Wildman–Crippen LogP) is 2.39. The third-order valence-corrected chi connectivity index (χ3v) is 4.81. The van der Waals surface area contributed by atoms with Gasteiger partial charge in [0.1, 0.15) is 0 Å². The van der Waals surface area contributed by atoms with Crippen LogP contribution in [-0.2, 0) is 4.79 Å². The standard InChI is InChI=1S/C16H24BrN3O/c1-12(18)16(14-6-3-4-7-15(14)17)20-9-5-8-19(10-11-20)13(2)21/h3-4,6-7,12,16H,5,8-11,18H2,1-2H3. The zero-order valence-electron chi connectivity index (χ0n) is 12.8. The Hall–Kier alpha value is -0.910. The Bertz CT molecular complexity index is 492. The number of halogens is 1. The smallest absolute Gasteiger partial charge is 0.219 e. The van der Waals surface area contributed by atoms with Crippen molar-refractivity contribution in [2.75, 3.05) is 26.2 Å². The van der Waals surface area contributed by atoms with Gasteiger partial charge in [0.25, 0.3) is 0 Å². The van der Waals surface area contributed by atoms with E-state index in [2.05, 4.69) is 46.0 Å². The number of nitrogens with two attached hydrogens (primary N) is 1. The summed E-state index contributed by atoms with van der Waals surface area (Å²) in [7, 11) is 0. The maximum absolute atomic E-state index is 11.6. The van der Waals surface area contributed by atoms with Crippen LogP contribution >= 0.6 is 15.9 Å². The van der Waals surface area contributed by atoms with Gasteiger partial charge in [0.05, 0.1) is 6.04 Å². The van der Waals surface area contributed by atoms with Crippen LogP contribution in [0.2, 0.25) is 0 Å². The van der Waals surface area contributed by atoms with Crippen LogP contribution in [0.25, 0.3) is 0 Å². The Kier molecular flexibility index (Phi) is 5.79. The highest BCUT2D eigenvalue weighted by atomic mass is 79.9. The first-order valence-corrected chi connectivity index (χ1v) is 8.29. The molecule has 0 radical (unpaired) electrons. The summed E-state index contributed by atoms with van der Waals surface area (Å²) in [4.78, 5) is 15.9. The van der Waals surface area contributed by atoms with Gasteiger partial charge in [0.15, 0.2) is 0 Å². The second kappa shape index (κ2) is 7.38. The van der Waals surface area contributed by atoms with E-state index < -0.39 is 0 Å². The number of hydrogen-bond acceptors (Lipinski definition) is 3. The quantitative estimate of drug-likeness (QED) is 0.907. The molecule has 21 heavy (non-hydrogen) atoms. The number of nitrogens with zero attached hydrogens (tertiary/aromatic N) is 2. The van der Waals surface area contributed by atoms with E-state index in [9.17, 15) is 4.79 Å². The Morgan fingerprint density at radius 2 is 1.95 bits per heavy atom. The summed E-state index contributed by atoms with van der Waals surface area (Å²) in [6.45, 7) is 7.16. The van der Waals surface area contributed by atoms with Gasteiger partial charge in [-0.15, -0.1) is 0 Å². The zero-order valence-corrected chi connectivity index (χ0v) is 14.3. The molecular formula is C16H24BrN3O. The fourth-order valence-corrected chi connectivity index (χ4v) is 3.58. The molecule has 116 valence electrons. The second-order valence-corrected chi connectivity index (χ2v) is 6.58. The van der Waals surface area contributed by atoms with Crippen LogP contribution in [0.15, 0.2) is 28.7 Å². The first-order valence-electron chi connectivity index (χ1n) is 7.50. The van der Waals surface area contributed by atoms with Gasteiger partial charge in [-0.2, -0.15) is 0 Å². The van der Waals surface area contributed by atoms with Gasteiger partial charge in [-0.05, 0) is 25.0 Å². The molecule has 1 aromatic carbocycles. The van der Waals surface area contributed by atoms with E-state index in [1.807, 2.05) is 11.0 Å². The SMILES string of the molecule is CC(=O)N1CCCN(C(c2ccccc2Br)C(C)N)CC1. The maximum atomic E-state index is 11.6. The minimum atomic E-state index is 0.0348. The molecule has 1 aromatic rings. The fraction of sp³-hybridized carbons (Fsp3) is 0.562. The summed E-state index contributed by atoms with van der Waals surface area (Å²) in [6, 6.07) is 8.47. The number of rotatable bonds is 3. The zero-order chi connectivity index (χ0) is 15.4. The molecule has 0 spiro atoms. The lowest BCUT2D eigenvalue weighted by Gasteiger charge is -2.34. The number of benzene rings is 1. The molecular weight excluding hydrogens is 330 g/mol. The topological polar surface area (TPSA) is 49.6 Å². The number of amides is 1. The lowest BCUT2D eigenvalue weighted by molar-refractivity contribution is -0.128. The number of carbonyl (C=O) groups excluding carboxylic acids is 1. The summed E-state index contributed by atoms with van der Waals surface area (Å²) in [5, 5.41) is 0. The molecule has 4 nitrogen and oxygen atoms in total. The first kappa shape index (κ1) is 16.5. The summed E-state index contributed by atoms with van der Waals surface area (Å²) in [5.74, 6) is 0.162. The van der Waals surface area contributed by atoms with E-state index in [0.717, 1.165) is 37.1 Å². The highest BCUT2D eigenvalue weighted by molar-refractivity contribution is 9.10. The van der Waals surface area contributed by atoms with E-state index in [1.54, 1.807) is 6.92 Å². The summed E-state index contributed by atoms with van der Waals surface area (Å²) in [6.07, 6.45) is 0.993.